The van der Waals surface area contributed by atoms with Gasteiger partial charge in [-0.3, -0.25) is 14.8 Å². The van der Waals surface area contributed by atoms with Gasteiger partial charge in [-0.05, 0) is 48.0 Å². The molecule has 0 saturated heterocycles. The summed E-state index contributed by atoms with van der Waals surface area (Å²) < 4.78 is 53.0. The Hall–Kier alpha value is -4.34. The number of halogens is 3. The Balaban J connectivity index is 1.54. The molecule has 0 spiro atoms. The summed E-state index contributed by atoms with van der Waals surface area (Å²) in [6.45, 7) is 0.259. The molecule has 1 N–H and O–H groups in total. The van der Waals surface area contributed by atoms with E-state index in [2.05, 4.69) is 20.0 Å². The quantitative estimate of drug-likeness (QED) is 0.420. The van der Waals surface area contributed by atoms with Crippen molar-refractivity contribution in [3.05, 3.63) is 89.9 Å². The van der Waals surface area contributed by atoms with Crippen molar-refractivity contribution in [2.24, 2.45) is 0 Å². The summed E-state index contributed by atoms with van der Waals surface area (Å²) in [5.74, 6) is 0.335. The topological polar surface area (TPSA) is 82.6 Å². The van der Waals surface area contributed by atoms with Gasteiger partial charge in [0.15, 0.2) is 0 Å². The lowest BCUT2D eigenvalue weighted by molar-refractivity contribution is -0.274. The predicted molar refractivity (Wildman–Crippen MR) is 124 cm³/mol. The number of carbonyl (C=O) groups excluding carboxylic acids is 1. The maximum absolute atomic E-state index is 13.5. The molecule has 0 bridgehead atoms. The Morgan fingerprint density at radius 1 is 1.06 bits per heavy atom. The maximum Gasteiger partial charge on any atom is 0.573 e. The Bertz CT molecular complexity index is 1430. The molecular weight excluding hydrogens is 475 g/mol. The number of aromatic nitrogens is 2. The van der Waals surface area contributed by atoms with Gasteiger partial charge in [-0.1, -0.05) is 12.1 Å². The predicted octanol–water partition coefficient (Wildman–Crippen LogP) is 4.99. The number of carbonyl (C=O) groups is 1. The number of alkyl halides is 3. The van der Waals surface area contributed by atoms with Crippen molar-refractivity contribution in [2.75, 3.05) is 13.7 Å². The summed E-state index contributed by atoms with van der Waals surface area (Å²) in [7, 11) is 1.56. The smallest absolute Gasteiger partial charge is 0.497 e. The van der Waals surface area contributed by atoms with Crippen LogP contribution in [0.2, 0.25) is 0 Å². The van der Waals surface area contributed by atoms with Crippen LogP contribution in [0.5, 0.6) is 17.2 Å². The number of methoxy groups -OCH3 is 1. The van der Waals surface area contributed by atoms with Gasteiger partial charge in [0.05, 0.1) is 24.8 Å². The lowest BCUT2D eigenvalue weighted by atomic mass is 9.81. The first-order valence-corrected chi connectivity index (χ1v) is 11.0. The summed E-state index contributed by atoms with van der Waals surface area (Å²) in [6.07, 6.45) is -1.47. The molecule has 4 aromatic rings. The van der Waals surface area contributed by atoms with Crippen molar-refractivity contribution >= 4 is 16.8 Å². The Kier molecular flexibility index (Phi) is 5.87. The van der Waals surface area contributed by atoms with Gasteiger partial charge >= 0.3 is 6.36 Å². The largest absolute Gasteiger partial charge is 0.573 e. The van der Waals surface area contributed by atoms with E-state index in [1.165, 1.54) is 30.5 Å². The molecule has 10 heteroatoms. The highest BCUT2D eigenvalue weighted by Crippen LogP contribution is 2.41. The van der Waals surface area contributed by atoms with Gasteiger partial charge < -0.3 is 19.5 Å². The molecule has 1 amide bonds. The molecule has 36 heavy (non-hydrogen) atoms. The van der Waals surface area contributed by atoms with Crippen LogP contribution < -0.4 is 19.5 Å². The lowest BCUT2D eigenvalue weighted by Gasteiger charge is -2.39. The first kappa shape index (κ1) is 23.4. The molecule has 2 aromatic heterocycles. The highest BCUT2D eigenvalue weighted by atomic mass is 19.4. The third-order valence-electron chi connectivity index (χ3n) is 5.97. The van der Waals surface area contributed by atoms with Crippen LogP contribution in [-0.4, -0.2) is 36.0 Å². The van der Waals surface area contributed by atoms with Crippen LogP contribution in [0.3, 0.4) is 0 Å². The molecule has 184 valence electrons. The number of rotatable bonds is 5. The molecule has 1 aliphatic rings. The van der Waals surface area contributed by atoms with Gasteiger partial charge in [-0.2, -0.15) is 0 Å². The van der Waals surface area contributed by atoms with Crippen LogP contribution in [0.4, 0.5) is 13.2 Å². The number of amides is 1. The summed E-state index contributed by atoms with van der Waals surface area (Å²) in [5, 5.41) is 3.81. The lowest BCUT2D eigenvalue weighted by Crippen LogP contribution is -2.50. The Morgan fingerprint density at radius 2 is 1.83 bits per heavy atom. The molecule has 0 saturated carbocycles. The highest BCUT2D eigenvalue weighted by molar-refractivity contribution is 5.98. The van der Waals surface area contributed by atoms with Crippen molar-refractivity contribution in [1.29, 1.82) is 0 Å². The van der Waals surface area contributed by atoms with Crippen LogP contribution in [-0.2, 0) is 5.54 Å². The zero-order chi connectivity index (χ0) is 25.3. The van der Waals surface area contributed by atoms with Gasteiger partial charge in [-0.15, -0.1) is 13.2 Å². The Labute approximate surface area is 203 Å². The molecule has 1 aliphatic heterocycles. The fourth-order valence-electron chi connectivity index (χ4n) is 4.29. The number of ether oxygens (including phenoxy) is 3. The molecule has 3 heterocycles. The van der Waals surface area contributed by atoms with Crippen LogP contribution in [0.15, 0.2) is 73.1 Å². The van der Waals surface area contributed by atoms with Crippen LogP contribution in [0.25, 0.3) is 10.9 Å². The third kappa shape index (κ3) is 4.49. The summed E-state index contributed by atoms with van der Waals surface area (Å²) >= 11 is 0. The van der Waals surface area contributed by atoms with E-state index in [1.54, 1.807) is 49.7 Å². The molecule has 0 unspecified atom stereocenters. The van der Waals surface area contributed by atoms with Crippen LogP contribution >= 0.6 is 0 Å². The van der Waals surface area contributed by atoms with Crippen molar-refractivity contribution in [3.8, 4) is 17.2 Å². The zero-order valence-corrected chi connectivity index (χ0v) is 19.0. The molecule has 0 fully saturated rings. The number of hydrogen-bond acceptors (Lipinski definition) is 6. The molecule has 0 aliphatic carbocycles. The second-order valence-corrected chi connectivity index (χ2v) is 8.16. The minimum atomic E-state index is -4.81. The molecular formula is C26H20F3N3O4. The first-order chi connectivity index (χ1) is 17.3. The monoisotopic (exact) mass is 495 g/mol. The second kappa shape index (κ2) is 9.03. The SMILES string of the molecule is COc1ccc2cc(C(=O)N[C@]3(c4ccc(OC(F)(F)F)cc4)CCOc4cccnc43)cnc2c1. The Morgan fingerprint density at radius 3 is 2.58 bits per heavy atom. The van der Waals surface area contributed by atoms with Gasteiger partial charge in [0.2, 0.25) is 0 Å². The van der Waals surface area contributed by atoms with E-state index < -0.39 is 17.8 Å². The number of pyridine rings is 2. The zero-order valence-electron chi connectivity index (χ0n) is 19.0. The van der Waals surface area contributed by atoms with Crippen molar-refractivity contribution < 1.29 is 32.2 Å². The first-order valence-electron chi connectivity index (χ1n) is 11.0. The molecule has 0 radical (unpaired) electrons. The van der Waals surface area contributed by atoms with E-state index in [0.29, 0.717) is 40.3 Å². The fourth-order valence-corrected chi connectivity index (χ4v) is 4.29. The standard InChI is InChI=1S/C26H20F3N3O4/c1-34-20-7-4-16-13-17(15-31-21(16)14-20)24(33)32-25(10-12-35-22-3-2-11-30-23(22)25)18-5-8-19(9-6-18)36-26(27,28)29/h2-9,11,13-15H,10,12H2,1H3,(H,32,33)/t25-/m0/s1. The highest BCUT2D eigenvalue weighted by Gasteiger charge is 2.43. The van der Waals surface area contributed by atoms with Gasteiger partial charge in [0, 0.05) is 30.3 Å². The van der Waals surface area contributed by atoms with Crippen LogP contribution in [0.1, 0.15) is 28.0 Å². The minimum Gasteiger partial charge on any atom is -0.497 e. The van der Waals surface area contributed by atoms with E-state index in [0.717, 1.165) is 5.39 Å². The maximum atomic E-state index is 13.5. The van der Waals surface area contributed by atoms with Crippen LogP contribution in [0, 0.1) is 0 Å². The van der Waals surface area contributed by atoms with Crippen molar-refractivity contribution in [2.45, 2.75) is 18.3 Å². The van der Waals surface area contributed by atoms with E-state index in [4.69, 9.17) is 9.47 Å². The number of hydrogen-bond donors (Lipinski definition) is 1. The number of nitrogens with one attached hydrogen (secondary N) is 1. The molecule has 2 aromatic carbocycles. The van der Waals surface area contributed by atoms with Gasteiger partial charge in [0.25, 0.3) is 5.91 Å². The number of nitrogens with zero attached hydrogens (tertiary/aromatic N) is 2. The average Bonchev–Trinajstić information content (AvgIpc) is 2.87. The normalized spacial score (nSPS) is 17.1. The van der Waals surface area contributed by atoms with E-state index in [-0.39, 0.29) is 12.4 Å². The number of benzene rings is 2. The van der Waals surface area contributed by atoms with E-state index >= 15 is 0 Å². The van der Waals surface area contributed by atoms with Gasteiger partial charge in [0.1, 0.15) is 28.5 Å². The molecule has 5 rings (SSSR count). The minimum absolute atomic E-state index is 0.259. The van der Waals surface area contributed by atoms with Crippen molar-refractivity contribution in [3.63, 3.8) is 0 Å². The summed E-state index contributed by atoms with van der Waals surface area (Å²) in [4.78, 5) is 22.4. The van der Waals surface area contributed by atoms with E-state index in [1.807, 2.05) is 0 Å². The third-order valence-corrected chi connectivity index (χ3v) is 5.97. The summed E-state index contributed by atoms with van der Waals surface area (Å²) in [5.41, 5.74) is 0.809. The average molecular weight is 495 g/mol. The molecule has 7 nitrogen and oxygen atoms in total. The fraction of sp³-hybridized carbons (Fsp3) is 0.192. The molecule has 1 atom stereocenters. The second-order valence-electron chi connectivity index (χ2n) is 8.16. The summed E-state index contributed by atoms with van der Waals surface area (Å²) in [6, 6.07) is 15.9. The van der Waals surface area contributed by atoms with Gasteiger partial charge in [-0.25, -0.2) is 0 Å². The number of fused-ring (bicyclic) bond motifs is 2. The van der Waals surface area contributed by atoms with Crippen molar-refractivity contribution in [1.82, 2.24) is 15.3 Å². The van der Waals surface area contributed by atoms with E-state index in [9.17, 15) is 18.0 Å².